The van der Waals surface area contributed by atoms with Crippen LogP contribution in [0, 0.1) is 13.8 Å². The number of hydrogen-bond acceptors (Lipinski definition) is 3. The molecule has 0 fully saturated rings. The summed E-state index contributed by atoms with van der Waals surface area (Å²) in [5.41, 5.74) is 3.09. The highest BCUT2D eigenvalue weighted by atomic mass is 16.5. The summed E-state index contributed by atoms with van der Waals surface area (Å²) in [5.74, 6) is 0.794. The molecule has 1 aromatic carbocycles. The van der Waals surface area contributed by atoms with E-state index in [-0.39, 0.29) is 6.04 Å². The van der Waals surface area contributed by atoms with Gasteiger partial charge in [0, 0.05) is 11.6 Å². The van der Waals surface area contributed by atoms with Crippen LogP contribution in [-0.2, 0) is 0 Å². The van der Waals surface area contributed by atoms with Gasteiger partial charge in [-0.15, -0.1) is 0 Å². The minimum absolute atomic E-state index is 0.0154. The first-order valence-electron chi connectivity index (χ1n) is 7.07. The molecule has 2 N–H and O–H groups in total. The van der Waals surface area contributed by atoms with Crippen LogP contribution < -0.4 is 10.1 Å². The van der Waals surface area contributed by atoms with Crippen LogP contribution in [0.25, 0.3) is 0 Å². The summed E-state index contributed by atoms with van der Waals surface area (Å²) in [4.78, 5) is 0. The normalized spacial score (nSPS) is 14.2. The smallest absolute Gasteiger partial charge is 0.127 e. The first-order valence-corrected chi connectivity index (χ1v) is 7.07. The second-order valence-corrected chi connectivity index (χ2v) is 5.25. The molecule has 0 aliphatic heterocycles. The Kier molecular flexibility index (Phi) is 6.32. The van der Waals surface area contributed by atoms with E-state index >= 15 is 0 Å². The fourth-order valence-electron chi connectivity index (χ4n) is 2.37. The molecular weight excluding hydrogens is 238 g/mol. The Balaban J connectivity index is 2.88. The van der Waals surface area contributed by atoms with E-state index in [0.29, 0.717) is 0 Å². The van der Waals surface area contributed by atoms with Crippen molar-refractivity contribution < 1.29 is 9.84 Å². The van der Waals surface area contributed by atoms with Gasteiger partial charge in [-0.25, -0.2) is 0 Å². The standard InChI is InChI=1S/C16H27NO2/c1-6-7-8-17-13(4)15(18)14-10-11(2)9-12(3)16(14)19-5/h9-10,13,15,17-18H,6-8H2,1-5H3. The Hall–Kier alpha value is -1.06. The highest BCUT2D eigenvalue weighted by Crippen LogP contribution is 2.31. The van der Waals surface area contributed by atoms with E-state index in [0.717, 1.165) is 41.8 Å². The molecule has 3 heteroatoms. The SMILES string of the molecule is CCCCNC(C)C(O)c1cc(C)cc(C)c1OC. The lowest BCUT2D eigenvalue weighted by Gasteiger charge is -2.23. The number of unbranched alkanes of at least 4 members (excludes halogenated alkanes) is 1. The summed E-state index contributed by atoms with van der Waals surface area (Å²) in [6.45, 7) is 9.16. The van der Waals surface area contributed by atoms with Crippen LogP contribution >= 0.6 is 0 Å². The zero-order valence-electron chi connectivity index (χ0n) is 12.8. The second-order valence-electron chi connectivity index (χ2n) is 5.25. The van der Waals surface area contributed by atoms with E-state index in [1.807, 2.05) is 26.8 Å². The molecule has 0 spiro atoms. The van der Waals surface area contributed by atoms with Gasteiger partial charge in [-0.1, -0.05) is 25.0 Å². The van der Waals surface area contributed by atoms with Crippen molar-refractivity contribution in [3.63, 3.8) is 0 Å². The van der Waals surface area contributed by atoms with Gasteiger partial charge in [-0.05, 0) is 45.4 Å². The van der Waals surface area contributed by atoms with Crippen molar-refractivity contribution in [1.29, 1.82) is 0 Å². The van der Waals surface area contributed by atoms with Gasteiger partial charge < -0.3 is 15.2 Å². The van der Waals surface area contributed by atoms with Crippen LogP contribution in [-0.4, -0.2) is 24.8 Å². The molecule has 3 nitrogen and oxygen atoms in total. The van der Waals surface area contributed by atoms with Crippen LogP contribution in [0.4, 0.5) is 0 Å². The molecule has 0 saturated heterocycles. The van der Waals surface area contributed by atoms with Crippen LogP contribution in [0.1, 0.15) is 49.5 Å². The average Bonchev–Trinajstić information content (AvgIpc) is 2.37. The minimum Gasteiger partial charge on any atom is -0.496 e. The number of methoxy groups -OCH3 is 1. The van der Waals surface area contributed by atoms with Crippen LogP contribution in [0.15, 0.2) is 12.1 Å². The molecule has 2 atom stereocenters. The maximum absolute atomic E-state index is 10.5. The Morgan fingerprint density at radius 3 is 2.58 bits per heavy atom. The summed E-state index contributed by atoms with van der Waals surface area (Å²) in [6.07, 6.45) is 1.73. The number of hydrogen-bond donors (Lipinski definition) is 2. The molecule has 2 unspecified atom stereocenters. The second kappa shape index (κ2) is 7.51. The van der Waals surface area contributed by atoms with Crippen LogP contribution in [0.5, 0.6) is 5.75 Å². The third-order valence-corrected chi connectivity index (χ3v) is 3.44. The monoisotopic (exact) mass is 265 g/mol. The highest BCUT2D eigenvalue weighted by molar-refractivity contribution is 5.45. The molecule has 0 radical (unpaired) electrons. The van der Waals surface area contributed by atoms with Gasteiger partial charge in [-0.3, -0.25) is 0 Å². The molecule has 1 rings (SSSR count). The van der Waals surface area contributed by atoms with E-state index in [2.05, 4.69) is 18.3 Å². The number of nitrogens with one attached hydrogen (secondary N) is 1. The van der Waals surface area contributed by atoms with Crippen molar-refractivity contribution in [2.45, 2.75) is 52.7 Å². The zero-order valence-corrected chi connectivity index (χ0v) is 12.8. The van der Waals surface area contributed by atoms with Crippen molar-refractivity contribution in [2.75, 3.05) is 13.7 Å². The van der Waals surface area contributed by atoms with Crippen molar-refractivity contribution in [2.24, 2.45) is 0 Å². The molecule has 0 aliphatic rings. The minimum atomic E-state index is -0.551. The number of aliphatic hydroxyl groups excluding tert-OH is 1. The van der Waals surface area contributed by atoms with E-state index in [9.17, 15) is 5.11 Å². The van der Waals surface area contributed by atoms with Gasteiger partial charge in [0.1, 0.15) is 5.75 Å². The van der Waals surface area contributed by atoms with E-state index in [1.54, 1.807) is 7.11 Å². The highest BCUT2D eigenvalue weighted by Gasteiger charge is 2.21. The summed E-state index contributed by atoms with van der Waals surface area (Å²) in [6, 6.07) is 4.10. The number of aryl methyl sites for hydroxylation is 2. The van der Waals surface area contributed by atoms with Crippen molar-refractivity contribution >= 4 is 0 Å². The number of aliphatic hydroxyl groups is 1. The summed E-state index contributed by atoms with van der Waals surface area (Å²) < 4.78 is 5.44. The maximum atomic E-state index is 10.5. The summed E-state index contributed by atoms with van der Waals surface area (Å²) >= 11 is 0. The van der Waals surface area contributed by atoms with Crippen molar-refractivity contribution in [3.05, 3.63) is 28.8 Å². The average molecular weight is 265 g/mol. The van der Waals surface area contributed by atoms with Gasteiger partial charge in [0.15, 0.2) is 0 Å². The molecule has 1 aromatic rings. The number of benzene rings is 1. The summed E-state index contributed by atoms with van der Waals surface area (Å²) in [5, 5.41) is 13.9. The first kappa shape index (κ1) is 16.0. The molecule has 0 saturated carbocycles. The van der Waals surface area contributed by atoms with Crippen LogP contribution in [0.3, 0.4) is 0 Å². The molecule has 0 bridgehead atoms. The van der Waals surface area contributed by atoms with Gasteiger partial charge in [0.2, 0.25) is 0 Å². The lowest BCUT2D eigenvalue weighted by molar-refractivity contribution is 0.132. The Bertz CT molecular complexity index is 404. The number of rotatable bonds is 7. The van der Waals surface area contributed by atoms with E-state index < -0.39 is 6.10 Å². The van der Waals surface area contributed by atoms with Gasteiger partial charge in [0.05, 0.1) is 13.2 Å². The lowest BCUT2D eigenvalue weighted by atomic mass is 9.97. The fourth-order valence-corrected chi connectivity index (χ4v) is 2.37. The molecule has 108 valence electrons. The first-order chi connectivity index (χ1) is 9.01. The summed E-state index contributed by atoms with van der Waals surface area (Å²) in [7, 11) is 1.66. The van der Waals surface area contributed by atoms with E-state index in [1.165, 1.54) is 0 Å². The van der Waals surface area contributed by atoms with Crippen LogP contribution in [0.2, 0.25) is 0 Å². The van der Waals surface area contributed by atoms with Crippen molar-refractivity contribution in [3.8, 4) is 5.75 Å². The zero-order chi connectivity index (χ0) is 14.4. The van der Waals surface area contributed by atoms with Crippen molar-refractivity contribution in [1.82, 2.24) is 5.32 Å². The Labute approximate surface area is 117 Å². The lowest BCUT2D eigenvalue weighted by Crippen LogP contribution is -2.33. The molecule has 0 aliphatic carbocycles. The third-order valence-electron chi connectivity index (χ3n) is 3.44. The predicted octanol–water partition coefficient (Wildman–Crippen LogP) is 3.12. The molecule has 0 aromatic heterocycles. The molecule has 19 heavy (non-hydrogen) atoms. The number of ether oxygens (including phenoxy) is 1. The van der Waals surface area contributed by atoms with E-state index in [4.69, 9.17) is 4.74 Å². The largest absolute Gasteiger partial charge is 0.496 e. The van der Waals surface area contributed by atoms with Gasteiger partial charge in [-0.2, -0.15) is 0 Å². The fraction of sp³-hybridized carbons (Fsp3) is 0.625. The molecule has 0 heterocycles. The quantitative estimate of drug-likeness (QED) is 0.744. The van der Waals surface area contributed by atoms with Gasteiger partial charge in [0.25, 0.3) is 0 Å². The van der Waals surface area contributed by atoms with Gasteiger partial charge >= 0.3 is 0 Å². The topological polar surface area (TPSA) is 41.5 Å². The maximum Gasteiger partial charge on any atom is 0.127 e. The molecular formula is C16H27NO2. The predicted molar refractivity (Wildman–Crippen MR) is 79.8 cm³/mol. The Morgan fingerprint density at radius 1 is 1.32 bits per heavy atom. The Morgan fingerprint density at radius 2 is 2.00 bits per heavy atom. The third kappa shape index (κ3) is 4.22. The molecule has 0 amide bonds.